The van der Waals surface area contributed by atoms with E-state index in [0.717, 1.165) is 17.1 Å². The van der Waals surface area contributed by atoms with Crippen LogP contribution in [0.25, 0.3) is 0 Å². The molecule has 0 bridgehead atoms. The van der Waals surface area contributed by atoms with Crippen LogP contribution < -0.4 is 10.6 Å². The van der Waals surface area contributed by atoms with E-state index in [1.54, 1.807) is 6.20 Å². The zero-order chi connectivity index (χ0) is 18.4. The second kappa shape index (κ2) is 8.30. The highest BCUT2D eigenvalue weighted by Gasteiger charge is 2.07. The van der Waals surface area contributed by atoms with E-state index in [1.165, 1.54) is 5.56 Å². The number of amides is 1. The molecule has 0 atom stereocenters. The van der Waals surface area contributed by atoms with Crippen LogP contribution in [0.1, 0.15) is 30.9 Å². The normalized spacial score (nSPS) is 10.6. The van der Waals surface area contributed by atoms with Gasteiger partial charge in [-0.25, -0.2) is 4.98 Å². The highest BCUT2D eigenvalue weighted by atomic mass is 16.1. The quantitative estimate of drug-likeness (QED) is 0.651. The Hall–Kier alpha value is -3.14. The summed E-state index contributed by atoms with van der Waals surface area (Å²) in [5, 5.41) is 6.23. The van der Waals surface area contributed by atoms with Gasteiger partial charge < -0.3 is 10.6 Å². The molecular weight excluding hydrogens is 322 g/mol. The molecule has 1 heterocycles. The van der Waals surface area contributed by atoms with Gasteiger partial charge in [-0.3, -0.25) is 4.79 Å². The molecule has 0 spiro atoms. The summed E-state index contributed by atoms with van der Waals surface area (Å²) in [6, 6.07) is 21.6. The van der Waals surface area contributed by atoms with E-state index in [4.69, 9.17) is 0 Å². The van der Waals surface area contributed by atoms with Crippen molar-refractivity contribution in [1.82, 2.24) is 4.98 Å². The molecular formula is C22H23N3O. The molecule has 132 valence electrons. The Morgan fingerprint density at radius 2 is 1.69 bits per heavy atom. The first-order valence-electron chi connectivity index (χ1n) is 8.77. The number of anilines is 3. The third-order valence-corrected chi connectivity index (χ3v) is 4.10. The van der Waals surface area contributed by atoms with Gasteiger partial charge in [-0.2, -0.15) is 0 Å². The number of carbonyl (C=O) groups is 1. The summed E-state index contributed by atoms with van der Waals surface area (Å²) in [4.78, 5) is 16.5. The number of carbonyl (C=O) groups excluding carboxylic acids is 1. The lowest BCUT2D eigenvalue weighted by molar-refractivity contribution is -0.115. The predicted octanol–water partition coefficient (Wildman–Crippen LogP) is 5.13. The Morgan fingerprint density at radius 3 is 2.38 bits per heavy atom. The van der Waals surface area contributed by atoms with Gasteiger partial charge in [-0.1, -0.05) is 62.4 Å². The Labute approximate surface area is 154 Å². The van der Waals surface area contributed by atoms with Gasteiger partial charge in [0.2, 0.25) is 5.91 Å². The molecule has 2 aromatic carbocycles. The number of hydrogen-bond acceptors (Lipinski definition) is 3. The van der Waals surface area contributed by atoms with Gasteiger partial charge in [-0.05, 0) is 35.2 Å². The lowest BCUT2D eigenvalue weighted by Crippen LogP contribution is -2.14. The second-order valence-electron chi connectivity index (χ2n) is 6.51. The monoisotopic (exact) mass is 345 g/mol. The van der Waals surface area contributed by atoms with Crippen molar-refractivity contribution in [3.8, 4) is 0 Å². The van der Waals surface area contributed by atoms with Crippen LogP contribution in [0.5, 0.6) is 0 Å². The van der Waals surface area contributed by atoms with E-state index in [-0.39, 0.29) is 5.91 Å². The van der Waals surface area contributed by atoms with Crippen molar-refractivity contribution in [3.63, 3.8) is 0 Å². The zero-order valence-corrected chi connectivity index (χ0v) is 15.1. The van der Waals surface area contributed by atoms with E-state index in [0.29, 0.717) is 18.0 Å². The van der Waals surface area contributed by atoms with E-state index in [9.17, 15) is 4.79 Å². The van der Waals surface area contributed by atoms with Crippen molar-refractivity contribution in [1.29, 1.82) is 0 Å². The molecule has 0 saturated heterocycles. The number of pyridine rings is 1. The molecule has 4 heteroatoms. The number of hydrogen-bond donors (Lipinski definition) is 2. The lowest BCUT2D eigenvalue weighted by Gasteiger charge is -2.14. The van der Waals surface area contributed by atoms with Crippen molar-refractivity contribution < 1.29 is 4.79 Å². The number of nitrogens with one attached hydrogen (secondary N) is 2. The molecule has 0 radical (unpaired) electrons. The van der Waals surface area contributed by atoms with Crippen LogP contribution in [0.2, 0.25) is 0 Å². The van der Waals surface area contributed by atoms with Crippen molar-refractivity contribution in [2.75, 3.05) is 10.6 Å². The molecule has 0 saturated carbocycles. The fraction of sp³-hybridized carbons (Fsp3) is 0.182. The number of aromatic nitrogens is 1. The zero-order valence-electron chi connectivity index (χ0n) is 15.1. The van der Waals surface area contributed by atoms with Crippen LogP contribution in [0, 0.1) is 0 Å². The summed E-state index contributed by atoms with van der Waals surface area (Å²) in [7, 11) is 0. The standard InChI is InChI=1S/C22H23N3O/c1-16(2)19-10-6-7-11-20(19)25-21-13-12-18(15-23-21)24-22(26)14-17-8-4-3-5-9-17/h3-13,15-16H,14H2,1-2H3,(H,23,25)(H,24,26). The van der Waals surface area contributed by atoms with Crippen molar-refractivity contribution in [2.24, 2.45) is 0 Å². The molecule has 0 aliphatic heterocycles. The number of rotatable bonds is 6. The van der Waals surface area contributed by atoms with Crippen LogP contribution in [0.4, 0.5) is 17.2 Å². The van der Waals surface area contributed by atoms with Gasteiger partial charge in [0.25, 0.3) is 0 Å². The Balaban J connectivity index is 1.63. The van der Waals surface area contributed by atoms with E-state index in [1.807, 2.05) is 60.7 Å². The Kier molecular flexibility index (Phi) is 5.64. The van der Waals surface area contributed by atoms with Crippen LogP contribution in [0.15, 0.2) is 72.9 Å². The molecule has 0 fully saturated rings. The van der Waals surface area contributed by atoms with Crippen molar-refractivity contribution in [2.45, 2.75) is 26.2 Å². The van der Waals surface area contributed by atoms with Crippen LogP contribution in [-0.2, 0) is 11.2 Å². The van der Waals surface area contributed by atoms with Gasteiger partial charge in [0.05, 0.1) is 18.3 Å². The molecule has 26 heavy (non-hydrogen) atoms. The number of benzene rings is 2. The summed E-state index contributed by atoms with van der Waals surface area (Å²) in [6.45, 7) is 4.33. The van der Waals surface area contributed by atoms with E-state index >= 15 is 0 Å². The first kappa shape index (κ1) is 17.7. The summed E-state index contributed by atoms with van der Waals surface area (Å²) in [6.07, 6.45) is 2.02. The largest absolute Gasteiger partial charge is 0.340 e. The van der Waals surface area contributed by atoms with Crippen LogP contribution >= 0.6 is 0 Å². The molecule has 0 aliphatic rings. The second-order valence-corrected chi connectivity index (χ2v) is 6.51. The smallest absolute Gasteiger partial charge is 0.228 e. The predicted molar refractivity (Wildman–Crippen MR) is 107 cm³/mol. The molecule has 1 amide bonds. The average molecular weight is 345 g/mol. The maximum atomic E-state index is 12.1. The van der Waals surface area contributed by atoms with E-state index < -0.39 is 0 Å². The maximum Gasteiger partial charge on any atom is 0.228 e. The number of nitrogens with zero attached hydrogens (tertiary/aromatic N) is 1. The van der Waals surface area contributed by atoms with Crippen LogP contribution in [0.3, 0.4) is 0 Å². The first-order valence-corrected chi connectivity index (χ1v) is 8.77. The fourth-order valence-electron chi connectivity index (χ4n) is 2.78. The third kappa shape index (κ3) is 4.70. The van der Waals surface area contributed by atoms with Gasteiger partial charge in [0, 0.05) is 5.69 Å². The molecule has 3 rings (SSSR count). The highest BCUT2D eigenvalue weighted by Crippen LogP contribution is 2.26. The van der Waals surface area contributed by atoms with Gasteiger partial charge >= 0.3 is 0 Å². The maximum absolute atomic E-state index is 12.1. The third-order valence-electron chi connectivity index (χ3n) is 4.10. The fourth-order valence-corrected chi connectivity index (χ4v) is 2.78. The summed E-state index contributed by atoms with van der Waals surface area (Å²) in [5.74, 6) is 1.12. The summed E-state index contributed by atoms with van der Waals surface area (Å²) >= 11 is 0. The molecule has 1 aromatic heterocycles. The Bertz CT molecular complexity index is 858. The molecule has 0 aliphatic carbocycles. The molecule has 4 nitrogen and oxygen atoms in total. The van der Waals surface area contributed by atoms with Gasteiger partial charge in [0.1, 0.15) is 5.82 Å². The highest BCUT2D eigenvalue weighted by molar-refractivity contribution is 5.92. The van der Waals surface area contributed by atoms with Crippen LogP contribution in [-0.4, -0.2) is 10.9 Å². The van der Waals surface area contributed by atoms with Gasteiger partial charge in [-0.15, -0.1) is 0 Å². The minimum Gasteiger partial charge on any atom is -0.340 e. The topological polar surface area (TPSA) is 54.0 Å². The van der Waals surface area contributed by atoms with Crippen molar-refractivity contribution in [3.05, 3.63) is 84.1 Å². The Morgan fingerprint density at radius 1 is 0.962 bits per heavy atom. The minimum atomic E-state index is -0.0520. The minimum absolute atomic E-state index is 0.0520. The first-order chi connectivity index (χ1) is 12.6. The summed E-state index contributed by atoms with van der Waals surface area (Å²) < 4.78 is 0. The summed E-state index contributed by atoms with van der Waals surface area (Å²) in [5.41, 5.74) is 3.97. The SMILES string of the molecule is CC(C)c1ccccc1Nc1ccc(NC(=O)Cc2ccccc2)cn1. The number of para-hydroxylation sites is 1. The lowest BCUT2D eigenvalue weighted by atomic mass is 10.0. The molecule has 2 N–H and O–H groups in total. The molecule has 0 unspecified atom stereocenters. The molecule has 3 aromatic rings. The van der Waals surface area contributed by atoms with Gasteiger partial charge in [0.15, 0.2) is 0 Å². The van der Waals surface area contributed by atoms with Crippen molar-refractivity contribution >= 4 is 23.1 Å². The van der Waals surface area contributed by atoms with E-state index in [2.05, 4.69) is 35.5 Å². The average Bonchev–Trinajstić information content (AvgIpc) is 2.64.